The summed E-state index contributed by atoms with van der Waals surface area (Å²) >= 11 is 0. The summed E-state index contributed by atoms with van der Waals surface area (Å²) in [6.07, 6.45) is -4.54. The molecule has 3 nitrogen and oxygen atoms in total. The second-order valence-corrected chi connectivity index (χ2v) is 5.15. The molecule has 4 aromatic rings. The van der Waals surface area contributed by atoms with Gasteiger partial charge >= 0.3 is 6.18 Å². The van der Waals surface area contributed by atoms with Gasteiger partial charge in [-0.1, -0.05) is 36.4 Å². The number of benzene rings is 2. The molecular formula is C17H10F3N3. The van der Waals surface area contributed by atoms with Gasteiger partial charge in [0, 0.05) is 5.39 Å². The minimum absolute atomic E-state index is 0.0000491. The second-order valence-electron chi connectivity index (χ2n) is 5.15. The van der Waals surface area contributed by atoms with Crippen molar-refractivity contribution in [3.63, 3.8) is 0 Å². The van der Waals surface area contributed by atoms with Crippen LogP contribution in [0.1, 0.15) is 5.69 Å². The van der Waals surface area contributed by atoms with Crippen LogP contribution in [0.4, 0.5) is 13.2 Å². The maximum Gasteiger partial charge on any atom is 0.435 e. The molecule has 0 saturated heterocycles. The minimum Gasteiger partial charge on any atom is -0.228 e. The predicted octanol–water partition coefficient (Wildman–Crippen LogP) is 4.59. The molecule has 114 valence electrons. The van der Waals surface area contributed by atoms with E-state index in [2.05, 4.69) is 10.1 Å². The van der Waals surface area contributed by atoms with Gasteiger partial charge in [0.05, 0.1) is 16.6 Å². The molecule has 6 heteroatoms. The van der Waals surface area contributed by atoms with Crippen LogP contribution in [0.2, 0.25) is 0 Å². The summed E-state index contributed by atoms with van der Waals surface area (Å²) in [6, 6.07) is 17.3. The summed E-state index contributed by atoms with van der Waals surface area (Å²) < 4.78 is 41.3. The number of nitrogens with zero attached hydrogens (tertiary/aromatic N) is 3. The minimum atomic E-state index is -4.54. The van der Waals surface area contributed by atoms with Gasteiger partial charge in [-0.3, -0.25) is 0 Å². The zero-order chi connectivity index (χ0) is 16.0. The summed E-state index contributed by atoms with van der Waals surface area (Å²) in [6.45, 7) is 0. The Bertz CT molecular complexity index is 1000. The topological polar surface area (TPSA) is 30.7 Å². The molecule has 2 aromatic carbocycles. The highest BCUT2D eigenvalue weighted by molar-refractivity contribution is 5.93. The Hall–Kier alpha value is -2.89. The van der Waals surface area contributed by atoms with E-state index in [0.717, 1.165) is 0 Å². The third-order valence-corrected chi connectivity index (χ3v) is 3.63. The van der Waals surface area contributed by atoms with E-state index in [1.54, 1.807) is 54.6 Å². The van der Waals surface area contributed by atoms with Gasteiger partial charge in [0.2, 0.25) is 0 Å². The SMILES string of the molecule is FC(F)(F)c1nn(-c2ccccc2)c2nc3ccccc3cc12. The zero-order valence-corrected chi connectivity index (χ0v) is 11.7. The number of hydrogen-bond donors (Lipinski definition) is 0. The Morgan fingerprint density at radius 1 is 0.870 bits per heavy atom. The number of hydrogen-bond acceptors (Lipinski definition) is 2. The summed E-state index contributed by atoms with van der Waals surface area (Å²) in [4.78, 5) is 4.39. The monoisotopic (exact) mass is 313 g/mol. The number of aromatic nitrogens is 3. The van der Waals surface area contributed by atoms with Crippen LogP contribution in [0.15, 0.2) is 60.7 Å². The second kappa shape index (κ2) is 4.81. The molecule has 0 unspecified atom stereocenters. The molecule has 0 spiro atoms. The summed E-state index contributed by atoms with van der Waals surface area (Å²) in [7, 11) is 0. The maximum absolute atomic E-state index is 13.3. The van der Waals surface area contributed by atoms with E-state index < -0.39 is 11.9 Å². The molecule has 0 fully saturated rings. The molecule has 0 atom stereocenters. The van der Waals surface area contributed by atoms with Gasteiger partial charge in [-0.15, -0.1) is 0 Å². The first-order valence-electron chi connectivity index (χ1n) is 6.95. The normalized spacial score (nSPS) is 12.1. The van der Waals surface area contributed by atoms with E-state index in [0.29, 0.717) is 16.6 Å². The molecule has 0 amide bonds. The number of rotatable bonds is 1. The summed E-state index contributed by atoms with van der Waals surface area (Å²) in [5, 5.41) is 4.43. The van der Waals surface area contributed by atoms with Crippen molar-refractivity contribution in [3.8, 4) is 5.69 Å². The lowest BCUT2D eigenvalue weighted by Crippen LogP contribution is -2.07. The lowest BCUT2D eigenvalue weighted by atomic mass is 10.1. The third kappa shape index (κ3) is 2.23. The Morgan fingerprint density at radius 2 is 1.57 bits per heavy atom. The molecule has 0 aliphatic rings. The Kier molecular flexibility index (Phi) is 2.87. The molecule has 0 aliphatic carbocycles. The van der Waals surface area contributed by atoms with Crippen LogP contribution >= 0.6 is 0 Å². The first-order chi connectivity index (χ1) is 11.0. The lowest BCUT2D eigenvalue weighted by molar-refractivity contribution is -0.140. The van der Waals surface area contributed by atoms with E-state index in [-0.39, 0.29) is 11.0 Å². The van der Waals surface area contributed by atoms with Gasteiger partial charge < -0.3 is 0 Å². The van der Waals surface area contributed by atoms with Crippen molar-refractivity contribution in [1.29, 1.82) is 0 Å². The van der Waals surface area contributed by atoms with Crippen LogP contribution < -0.4 is 0 Å². The van der Waals surface area contributed by atoms with Crippen molar-refractivity contribution in [2.24, 2.45) is 0 Å². The summed E-state index contributed by atoms with van der Waals surface area (Å²) in [5.74, 6) is 0. The van der Waals surface area contributed by atoms with Crippen LogP contribution in [0, 0.1) is 0 Å². The van der Waals surface area contributed by atoms with Crippen molar-refractivity contribution < 1.29 is 13.2 Å². The molecule has 0 saturated carbocycles. The molecular weight excluding hydrogens is 303 g/mol. The number of halogens is 3. The van der Waals surface area contributed by atoms with E-state index in [1.165, 1.54) is 10.7 Å². The fraction of sp³-hybridized carbons (Fsp3) is 0.0588. The van der Waals surface area contributed by atoms with Crippen LogP contribution in [0.3, 0.4) is 0 Å². The molecule has 2 heterocycles. The van der Waals surface area contributed by atoms with Crippen LogP contribution in [-0.2, 0) is 6.18 Å². The first-order valence-corrected chi connectivity index (χ1v) is 6.95. The zero-order valence-electron chi connectivity index (χ0n) is 11.7. The van der Waals surface area contributed by atoms with Gasteiger partial charge in [0.1, 0.15) is 0 Å². The van der Waals surface area contributed by atoms with Crippen molar-refractivity contribution in [1.82, 2.24) is 14.8 Å². The van der Waals surface area contributed by atoms with Crippen LogP contribution in [-0.4, -0.2) is 14.8 Å². The average Bonchev–Trinajstić information content (AvgIpc) is 2.92. The molecule has 0 bridgehead atoms. The summed E-state index contributed by atoms with van der Waals surface area (Å²) in [5.41, 5.74) is 0.443. The Balaban J connectivity index is 2.12. The van der Waals surface area contributed by atoms with Gasteiger partial charge in [0.25, 0.3) is 0 Å². The smallest absolute Gasteiger partial charge is 0.228 e. The number of para-hydroxylation sites is 2. The van der Waals surface area contributed by atoms with Gasteiger partial charge in [-0.2, -0.15) is 18.3 Å². The molecule has 0 radical (unpaired) electrons. The Morgan fingerprint density at radius 3 is 2.30 bits per heavy atom. The number of pyridine rings is 1. The van der Waals surface area contributed by atoms with Crippen molar-refractivity contribution in [2.75, 3.05) is 0 Å². The highest BCUT2D eigenvalue weighted by Gasteiger charge is 2.37. The molecule has 4 rings (SSSR count). The molecule has 2 aromatic heterocycles. The maximum atomic E-state index is 13.3. The van der Waals surface area contributed by atoms with Crippen LogP contribution in [0.5, 0.6) is 0 Å². The van der Waals surface area contributed by atoms with E-state index in [1.807, 2.05) is 0 Å². The van der Waals surface area contributed by atoms with Gasteiger partial charge in [-0.05, 0) is 24.3 Å². The third-order valence-electron chi connectivity index (χ3n) is 3.63. The molecule has 0 aliphatic heterocycles. The van der Waals surface area contributed by atoms with E-state index >= 15 is 0 Å². The quantitative estimate of drug-likeness (QED) is 0.514. The standard InChI is InChI=1S/C17H10F3N3/c18-17(19,20)15-13-10-11-6-4-5-9-14(11)21-16(13)23(22-15)12-7-2-1-3-8-12/h1-10H. The fourth-order valence-corrected chi connectivity index (χ4v) is 2.60. The highest BCUT2D eigenvalue weighted by atomic mass is 19.4. The highest BCUT2D eigenvalue weighted by Crippen LogP contribution is 2.35. The number of fused-ring (bicyclic) bond motifs is 2. The largest absolute Gasteiger partial charge is 0.435 e. The fourth-order valence-electron chi connectivity index (χ4n) is 2.60. The average molecular weight is 313 g/mol. The van der Waals surface area contributed by atoms with Crippen LogP contribution in [0.25, 0.3) is 27.6 Å². The van der Waals surface area contributed by atoms with Gasteiger partial charge in [0.15, 0.2) is 11.3 Å². The van der Waals surface area contributed by atoms with E-state index in [4.69, 9.17) is 0 Å². The Labute approximate surface area is 129 Å². The lowest BCUT2D eigenvalue weighted by Gasteiger charge is -2.03. The van der Waals surface area contributed by atoms with E-state index in [9.17, 15) is 13.2 Å². The molecule has 0 N–H and O–H groups in total. The predicted molar refractivity (Wildman–Crippen MR) is 81.4 cm³/mol. The van der Waals surface area contributed by atoms with Gasteiger partial charge in [-0.25, -0.2) is 9.67 Å². The van der Waals surface area contributed by atoms with Crippen molar-refractivity contribution in [3.05, 3.63) is 66.4 Å². The molecule has 23 heavy (non-hydrogen) atoms. The number of alkyl halides is 3. The van der Waals surface area contributed by atoms with Crippen molar-refractivity contribution in [2.45, 2.75) is 6.18 Å². The van der Waals surface area contributed by atoms with Crippen molar-refractivity contribution >= 4 is 21.9 Å². The first kappa shape index (κ1) is 13.8.